The van der Waals surface area contributed by atoms with Gasteiger partial charge in [0.15, 0.2) is 0 Å². The molecule has 0 saturated carbocycles. The van der Waals surface area contributed by atoms with E-state index in [9.17, 15) is 0 Å². The van der Waals surface area contributed by atoms with Crippen molar-refractivity contribution in [3.63, 3.8) is 0 Å². The van der Waals surface area contributed by atoms with Crippen LogP contribution in [-0.4, -0.2) is 99.0 Å². The van der Waals surface area contributed by atoms with Gasteiger partial charge in [-0.3, -0.25) is 0 Å². The monoisotopic (exact) mass is 532 g/mol. The van der Waals surface area contributed by atoms with Crippen LogP contribution < -0.4 is 0 Å². The maximum atomic E-state index is 0. The van der Waals surface area contributed by atoms with Crippen LogP contribution in [0.2, 0.25) is 0 Å². The van der Waals surface area contributed by atoms with Crippen molar-refractivity contribution in [1.29, 1.82) is 0 Å². The van der Waals surface area contributed by atoms with Crippen molar-refractivity contribution in [1.82, 2.24) is 0 Å². The summed E-state index contributed by atoms with van der Waals surface area (Å²) in [7, 11) is 0. The normalized spacial score (nSPS) is 0. The van der Waals surface area contributed by atoms with Crippen LogP contribution in [0.4, 0.5) is 0 Å². The Morgan fingerprint density at radius 1 is 0.333 bits per heavy atom. The van der Waals surface area contributed by atoms with Gasteiger partial charge < -0.3 is 0 Å². The van der Waals surface area contributed by atoms with Gasteiger partial charge in [-0.15, -0.1) is 0 Å². The van der Waals surface area contributed by atoms with Crippen molar-refractivity contribution < 1.29 is 20.4 Å². The molecule has 0 saturated heterocycles. The van der Waals surface area contributed by atoms with Gasteiger partial charge in [-0.25, -0.2) is 0 Å². The average Bonchev–Trinajstić information content (AvgIpc) is 0. The van der Waals surface area contributed by atoms with E-state index < -0.39 is 0 Å². The minimum atomic E-state index is 0. The van der Waals surface area contributed by atoms with Gasteiger partial charge in [0.2, 0.25) is 0 Å². The third-order valence-corrected chi connectivity index (χ3v) is 0. The summed E-state index contributed by atoms with van der Waals surface area (Å²) in [6, 6.07) is 0. The Kier molecular flexibility index (Phi) is 320. The molecule has 0 unspecified atom stereocenters. The molecule has 0 aliphatic rings. The molecule has 0 fully saturated rings. The van der Waals surface area contributed by atoms with E-state index in [1.54, 1.807) is 0 Å². The molecule has 0 rings (SSSR count). The van der Waals surface area contributed by atoms with Crippen molar-refractivity contribution in [2.24, 2.45) is 0 Å². The molecule has 0 aliphatic heterocycles. The predicted molar refractivity (Wildman–Crippen MR) is 28.8 cm³/mol. The Labute approximate surface area is 117 Å². The summed E-state index contributed by atoms with van der Waals surface area (Å²) in [6.45, 7) is 0. The molecule has 0 bridgehead atoms. The van der Waals surface area contributed by atoms with E-state index in [4.69, 9.17) is 0 Å². The minimum Gasteiger partial charge on any atom is 0 e. The summed E-state index contributed by atoms with van der Waals surface area (Å²) < 4.78 is 0. The number of hydrogen-bond acceptors (Lipinski definition) is 0. The summed E-state index contributed by atoms with van der Waals surface area (Å²) in [6.07, 6.45) is 0. The first-order valence-electron chi connectivity index (χ1n) is 0. The second kappa shape index (κ2) is 36.8. The van der Waals surface area contributed by atoms with E-state index in [1.165, 1.54) is 0 Å². The summed E-state index contributed by atoms with van der Waals surface area (Å²) in [5, 5.41) is 0. The van der Waals surface area contributed by atoms with Gasteiger partial charge in [-0.2, -0.15) is 0 Å². The van der Waals surface area contributed by atoms with Gasteiger partial charge in [-0.05, 0) is 0 Å². The number of rotatable bonds is 0. The van der Waals surface area contributed by atoms with Crippen LogP contribution in [0.15, 0.2) is 0 Å². The van der Waals surface area contributed by atoms with Gasteiger partial charge >= 0.3 is 0 Å². The topological polar surface area (TPSA) is 0 Å². The molecule has 0 N–H and O–H groups in total. The van der Waals surface area contributed by atoms with Crippen LogP contribution in [0, 0.1) is 0 Å². The van der Waals surface area contributed by atoms with Crippen LogP contribution >= 0.6 is 0 Å². The van der Waals surface area contributed by atoms with Crippen LogP contribution in [0.1, 0.15) is 0 Å². The van der Waals surface area contributed by atoms with Crippen LogP contribution in [0.25, 0.3) is 0 Å². The van der Waals surface area contributed by atoms with Crippen LogP contribution in [0.3, 0.4) is 0 Å². The van der Waals surface area contributed by atoms with Gasteiger partial charge in [0.1, 0.15) is 0 Å². The van der Waals surface area contributed by atoms with Gasteiger partial charge in [0, 0.05) is 119 Å². The van der Waals surface area contributed by atoms with Crippen molar-refractivity contribution in [2.75, 3.05) is 0 Å². The summed E-state index contributed by atoms with van der Waals surface area (Å²) in [4.78, 5) is 0. The van der Waals surface area contributed by atoms with Gasteiger partial charge in [0.05, 0.1) is 0 Å². The first kappa shape index (κ1) is 52.1. The maximum Gasteiger partial charge on any atom is 0 e. The minimum absolute atomic E-state index is 0. The molecule has 0 amide bonds. The van der Waals surface area contributed by atoms with E-state index >= 15 is 0 Å². The zero-order valence-electron chi connectivity index (χ0n) is 3.26. The smallest absolute Gasteiger partial charge is 0 e. The first-order chi connectivity index (χ1) is 0. The quantitative estimate of drug-likeness (QED) is 0.319. The van der Waals surface area contributed by atoms with E-state index in [-0.39, 0.29) is 119 Å². The first-order valence-corrected chi connectivity index (χ1v) is 0. The Balaban J connectivity index is 0. The maximum absolute atomic E-state index is 0. The van der Waals surface area contributed by atoms with Crippen LogP contribution in [-0.2, 0) is 20.4 Å². The Bertz CT molecular complexity index is 3.90. The zero-order chi connectivity index (χ0) is 0. The SMILES string of the molecule is [Ga].[Ga].[Ga].[Ga].[Ga].[Re]. The van der Waals surface area contributed by atoms with Crippen LogP contribution in [0.5, 0.6) is 0 Å². The molecule has 0 nitrogen and oxygen atoms in total. The molecular formula is Ga5Re. The van der Waals surface area contributed by atoms with E-state index in [0.717, 1.165) is 0 Å². The summed E-state index contributed by atoms with van der Waals surface area (Å²) in [5.74, 6) is 0. The van der Waals surface area contributed by atoms with Gasteiger partial charge in [-0.1, -0.05) is 0 Å². The molecule has 0 aliphatic carbocycles. The largest absolute Gasteiger partial charge is 0 e. The van der Waals surface area contributed by atoms with Crippen molar-refractivity contribution in [3.8, 4) is 0 Å². The van der Waals surface area contributed by atoms with Gasteiger partial charge in [0.25, 0.3) is 0 Å². The third-order valence-electron chi connectivity index (χ3n) is 0. The van der Waals surface area contributed by atoms with Crippen molar-refractivity contribution >= 4 is 99.0 Å². The molecule has 6 heavy (non-hydrogen) atoms. The Hall–Kier alpha value is 3.84. The molecule has 0 aromatic carbocycles. The predicted octanol–water partition coefficient (Wildman–Crippen LogP) is -1.91. The molecule has 16 radical (unpaired) electrons. The second-order valence-corrected chi connectivity index (χ2v) is 0. The second-order valence-electron chi connectivity index (χ2n) is 0. The molecule has 0 aromatic heterocycles. The fourth-order valence-electron chi connectivity index (χ4n) is 0. The fraction of sp³-hybridized carbons (Fsp3) is 0. The molecule has 0 heterocycles. The van der Waals surface area contributed by atoms with Crippen molar-refractivity contribution in [3.05, 3.63) is 0 Å². The molecule has 22 valence electrons. The fourth-order valence-corrected chi connectivity index (χ4v) is 0. The Morgan fingerprint density at radius 2 is 0.333 bits per heavy atom. The van der Waals surface area contributed by atoms with E-state index in [0.29, 0.717) is 0 Å². The van der Waals surface area contributed by atoms with E-state index in [2.05, 4.69) is 0 Å². The Morgan fingerprint density at radius 3 is 0.333 bits per heavy atom. The zero-order valence-corrected chi connectivity index (χ0v) is 18.1. The molecule has 0 spiro atoms. The van der Waals surface area contributed by atoms with E-state index in [1.807, 2.05) is 0 Å². The molecule has 0 atom stereocenters. The number of hydrogen-bond donors (Lipinski definition) is 0. The summed E-state index contributed by atoms with van der Waals surface area (Å²) in [5.41, 5.74) is 0. The molecule has 6 heteroatoms. The molecular weight excluding hydrogens is 535 g/mol. The third kappa shape index (κ3) is 24.9. The average molecular weight is 535 g/mol. The molecule has 0 aromatic rings. The van der Waals surface area contributed by atoms with Crippen molar-refractivity contribution in [2.45, 2.75) is 0 Å². The standard InChI is InChI=1S/5Ga.Re. The summed E-state index contributed by atoms with van der Waals surface area (Å²) >= 11 is 0.